The third-order valence-electron chi connectivity index (χ3n) is 4.10. The first kappa shape index (κ1) is 11.0. The molecule has 0 saturated carbocycles. The van der Waals surface area contributed by atoms with Crippen LogP contribution in [0.4, 0.5) is 5.82 Å². The molecule has 0 aliphatic carbocycles. The van der Waals surface area contributed by atoms with E-state index in [0.717, 1.165) is 12.2 Å². The summed E-state index contributed by atoms with van der Waals surface area (Å²) in [5, 5.41) is 0. The largest absolute Gasteiger partial charge is 0.348 e. The summed E-state index contributed by atoms with van der Waals surface area (Å²) in [6, 6.07) is 3.42. The third kappa shape index (κ3) is 1.64. The monoisotopic (exact) mass is 231 g/mol. The summed E-state index contributed by atoms with van der Waals surface area (Å²) in [6.45, 7) is 8.95. The minimum absolute atomic E-state index is 0.577. The lowest BCUT2D eigenvalue weighted by Gasteiger charge is -2.41. The summed E-state index contributed by atoms with van der Waals surface area (Å²) in [4.78, 5) is 9.78. The Kier molecular flexibility index (Phi) is 2.40. The van der Waals surface area contributed by atoms with E-state index in [2.05, 4.69) is 43.7 Å². The Balaban J connectivity index is 2.05. The number of anilines is 1. The Bertz CT molecular complexity index is 455. The number of rotatable bonds is 0. The van der Waals surface area contributed by atoms with Crippen LogP contribution in [0, 0.1) is 13.8 Å². The average Bonchev–Trinajstić information content (AvgIpc) is 2.56. The van der Waals surface area contributed by atoms with E-state index in [-0.39, 0.29) is 0 Å². The number of hydrogen-bond donors (Lipinski definition) is 0. The lowest BCUT2D eigenvalue weighted by atomic mass is 10.0. The molecule has 1 fully saturated rings. The van der Waals surface area contributed by atoms with Crippen molar-refractivity contribution in [1.29, 1.82) is 0 Å². The van der Waals surface area contributed by atoms with Gasteiger partial charge in [-0.3, -0.25) is 0 Å². The van der Waals surface area contributed by atoms with Crippen LogP contribution in [0.25, 0.3) is 0 Å². The molecule has 0 amide bonds. The number of likely N-dealkylation sites (N-methyl/N-ethyl adjacent to an activating group) is 1. The topological polar surface area (TPSA) is 19.4 Å². The molecule has 0 N–H and O–H groups in total. The fourth-order valence-electron chi connectivity index (χ4n) is 3.51. The fraction of sp³-hybridized carbons (Fsp3) is 0.643. The summed E-state index contributed by atoms with van der Waals surface area (Å²) < 4.78 is 0. The van der Waals surface area contributed by atoms with Gasteiger partial charge in [-0.05, 0) is 51.4 Å². The van der Waals surface area contributed by atoms with Crippen molar-refractivity contribution in [3.8, 4) is 0 Å². The predicted molar refractivity (Wildman–Crippen MR) is 70.6 cm³/mol. The zero-order chi connectivity index (χ0) is 12.2. The van der Waals surface area contributed by atoms with Crippen molar-refractivity contribution >= 4 is 5.82 Å². The number of hydrogen-bond acceptors (Lipinski definition) is 3. The molecule has 0 bridgehead atoms. The summed E-state index contributed by atoms with van der Waals surface area (Å²) in [7, 11) is 2.22. The predicted octanol–water partition coefficient (Wildman–Crippen LogP) is 1.76. The molecule has 0 spiro atoms. The highest BCUT2D eigenvalue weighted by Gasteiger charge is 2.38. The molecule has 1 aromatic heterocycles. The molecule has 2 aliphatic heterocycles. The highest BCUT2D eigenvalue weighted by molar-refractivity contribution is 5.59. The SMILES string of the molecule is Cc1cc(C)c2c(n1)N1C(C)CN(C)CC1C2. The van der Waals surface area contributed by atoms with Crippen LogP contribution in [0.15, 0.2) is 6.07 Å². The number of aromatic nitrogens is 1. The Morgan fingerprint density at radius 2 is 2.06 bits per heavy atom. The van der Waals surface area contributed by atoms with Gasteiger partial charge in [0.15, 0.2) is 0 Å². The minimum atomic E-state index is 0.577. The van der Waals surface area contributed by atoms with Crippen molar-refractivity contribution in [2.45, 2.75) is 39.3 Å². The smallest absolute Gasteiger partial charge is 0.132 e. The fourth-order valence-corrected chi connectivity index (χ4v) is 3.51. The van der Waals surface area contributed by atoms with Gasteiger partial charge >= 0.3 is 0 Å². The quantitative estimate of drug-likeness (QED) is 0.678. The van der Waals surface area contributed by atoms with Crippen LogP contribution in [0.5, 0.6) is 0 Å². The van der Waals surface area contributed by atoms with Crippen LogP contribution < -0.4 is 4.90 Å². The van der Waals surface area contributed by atoms with Gasteiger partial charge < -0.3 is 9.80 Å². The Morgan fingerprint density at radius 1 is 1.29 bits per heavy atom. The summed E-state index contributed by atoms with van der Waals surface area (Å²) in [5.41, 5.74) is 4.03. The zero-order valence-corrected chi connectivity index (χ0v) is 11.2. The highest BCUT2D eigenvalue weighted by Crippen LogP contribution is 2.36. The first-order valence-corrected chi connectivity index (χ1v) is 6.50. The minimum Gasteiger partial charge on any atom is -0.348 e. The lowest BCUT2D eigenvalue weighted by molar-refractivity contribution is 0.238. The number of pyridine rings is 1. The van der Waals surface area contributed by atoms with Gasteiger partial charge in [-0.15, -0.1) is 0 Å². The maximum atomic E-state index is 4.78. The molecule has 3 rings (SSSR count). The maximum absolute atomic E-state index is 4.78. The van der Waals surface area contributed by atoms with Crippen molar-refractivity contribution in [2.75, 3.05) is 25.0 Å². The van der Waals surface area contributed by atoms with E-state index in [4.69, 9.17) is 4.98 Å². The molecule has 1 saturated heterocycles. The standard InChI is InChI=1S/C14H21N3/c1-9-5-10(2)15-14-13(9)6-12-8-16(4)7-11(3)17(12)14/h5,11-12H,6-8H2,1-4H3. The molecule has 3 heteroatoms. The third-order valence-corrected chi connectivity index (χ3v) is 4.10. The van der Waals surface area contributed by atoms with E-state index in [1.165, 1.54) is 29.9 Å². The highest BCUT2D eigenvalue weighted by atomic mass is 15.3. The van der Waals surface area contributed by atoms with Crippen molar-refractivity contribution in [1.82, 2.24) is 9.88 Å². The summed E-state index contributed by atoms with van der Waals surface area (Å²) >= 11 is 0. The van der Waals surface area contributed by atoms with Crippen LogP contribution in [0.3, 0.4) is 0 Å². The van der Waals surface area contributed by atoms with Crippen molar-refractivity contribution in [3.63, 3.8) is 0 Å². The first-order chi connectivity index (χ1) is 8.06. The number of fused-ring (bicyclic) bond motifs is 3. The maximum Gasteiger partial charge on any atom is 0.132 e. The zero-order valence-electron chi connectivity index (χ0n) is 11.2. The number of nitrogens with zero attached hydrogens (tertiary/aromatic N) is 3. The van der Waals surface area contributed by atoms with E-state index in [0.29, 0.717) is 12.1 Å². The summed E-state index contributed by atoms with van der Waals surface area (Å²) in [5.74, 6) is 1.26. The molecule has 17 heavy (non-hydrogen) atoms. The lowest BCUT2D eigenvalue weighted by Crippen LogP contribution is -2.55. The molecule has 92 valence electrons. The molecule has 3 nitrogen and oxygen atoms in total. The van der Waals surface area contributed by atoms with E-state index in [1.807, 2.05) is 0 Å². The Labute approximate surface area is 103 Å². The number of aryl methyl sites for hydroxylation is 2. The van der Waals surface area contributed by atoms with Crippen molar-refractivity contribution in [2.24, 2.45) is 0 Å². The van der Waals surface area contributed by atoms with Gasteiger partial charge in [0.2, 0.25) is 0 Å². The van der Waals surface area contributed by atoms with E-state index >= 15 is 0 Å². The van der Waals surface area contributed by atoms with Gasteiger partial charge in [-0.25, -0.2) is 4.98 Å². The van der Waals surface area contributed by atoms with Gasteiger partial charge in [0.1, 0.15) is 5.82 Å². The van der Waals surface area contributed by atoms with E-state index in [9.17, 15) is 0 Å². The molecule has 0 aromatic carbocycles. The van der Waals surface area contributed by atoms with Crippen molar-refractivity contribution < 1.29 is 0 Å². The van der Waals surface area contributed by atoms with Gasteiger partial charge in [-0.1, -0.05) is 0 Å². The van der Waals surface area contributed by atoms with Crippen molar-refractivity contribution in [3.05, 3.63) is 22.9 Å². The second-order valence-corrected chi connectivity index (χ2v) is 5.72. The average molecular weight is 231 g/mol. The molecule has 0 radical (unpaired) electrons. The second-order valence-electron chi connectivity index (χ2n) is 5.72. The van der Waals surface area contributed by atoms with Gasteiger partial charge in [0, 0.05) is 30.9 Å². The normalized spacial score (nSPS) is 28.1. The Morgan fingerprint density at radius 3 is 2.82 bits per heavy atom. The molecule has 2 aliphatic rings. The van der Waals surface area contributed by atoms with Crippen LogP contribution in [-0.4, -0.2) is 42.1 Å². The van der Waals surface area contributed by atoms with E-state index in [1.54, 1.807) is 0 Å². The van der Waals surface area contributed by atoms with Crippen LogP contribution in [0.2, 0.25) is 0 Å². The molecule has 2 atom stereocenters. The first-order valence-electron chi connectivity index (χ1n) is 6.50. The van der Waals surface area contributed by atoms with Gasteiger partial charge in [0.05, 0.1) is 0 Å². The molecule has 2 unspecified atom stereocenters. The number of piperazine rings is 1. The van der Waals surface area contributed by atoms with E-state index < -0.39 is 0 Å². The molecular weight excluding hydrogens is 210 g/mol. The van der Waals surface area contributed by atoms with Gasteiger partial charge in [0.25, 0.3) is 0 Å². The van der Waals surface area contributed by atoms with Crippen LogP contribution in [-0.2, 0) is 6.42 Å². The molecule has 3 heterocycles. The summed E-state index contributed by atoms with van der Waals surface area (Å²) in [6.07, 6.45) is 1.17. The molecule has 1 aromatic rings. The van der Waals surface area contributed by atoms with Gasteiger partial charge in [-0.2, -0.15) is 0 Å². The van der Waals surface area contributed by atoms with Crippen LogP contribution >= 0.6 is 0 Å². The molecular formula is C14H21N3. The second kappa shape index (κ2) is 3.70. The Hall–Kier alpha value is -1.09. The van der Waals surface area contributed by atoms with Crippen LogP contribution in [0.1, 0.15) is 23.7 Å².